The van der Waals surface area contributed by atoms with Crippen molar-refractivity contribution in [2.24, 2.45) is 0 Å². The van der Waals surface area contributed by atoms with Crippen LogP contribution in [0.2, 0.25) is 0 Å². The molecule has 2 aromatic heterocycles. The number of rotatable bonds is 5. The summed E-state index contributed by atoms with van der Waals surface area (Å²) in [7, 11) is 0. The van der Waals surface area contributed by atoms with Crippen LogP contribution < -0.4 is 5.56 Å². The molecule has 0 aliphatic rings. The molecule has 0 bridgehead atoms. The van der Waals surface area contributed by atoms with Crippen LogP contribution in [0.5, 0.6) is 0 Å². The molecule has 4 nitrogen and oxygen atoms in total. The van der Waals surface area contributed by atoms with E-state index < -0.39 is 0 Å². The van der Waals surface area contributed by atoms with Crippen molar-refractivity contribution in [2.45, 2.75) is 13.5 Å². The highest BCUT2D eigenvalue weighted by molar-refractivity contribution is 9.10. The number of fused-ring (bicyclic) bond motifs is 1. The molecule has 0 saturated carbocycles. The van der Waals surface area contributed by atoms with Crippen LogP contribution >= 0.6 is 27.3 Å². The standard InChI is InChI=1S/C16H15BrN2O2S/c1-2-21-8-7-19-10-18-15-14(16(19)20)13(9-22-15)11-3-5-12(17)6-4-11/h3-6,9-10H,2,7-8H2,1H3. The van der Waals surface area contributed by atoms with Crippen LogP contribution in [-0.2, 0) is 11.3 Å². The zero-order chi connectivity index (χ0) is 15.5. The van der Waals surface area contributed by atoms with Gasteiger partial charge in [-0.3, -0.25) is 9.36 Å². The fraction of sp³-hybridized carbons (Fsp3) is 0.250. The van der Waals surface area contributed by atoms with Gasteiger partial charge in [0.2, 0.25) is 0 Å². The zero-order valence-corrected chi connectivity index (χ0v) is 14.5. The normalized spacial score (nSPS) is 11.2. The van der Waals surface area contributed by atoms with Gasteiger partial charge in [-0.1, -0.05) is 28.1 Å². The zero-order valence-electron chi connectivity index (χ0n) is 12.1. The molecule has 0 amide bonds. The fourth-order valence-electron chi connectivity index (χ4n) is 2.28. The van der Waals surface area contributed by atoms with Gasteiger partial charge in [0.05, 0.1) is 24.9 Å². The third-order valence-electron chi connectivity index (χ3n) is 3.40. The Kier molecular flexibility index (Phi) is 4.71. The first kappa shape index (κ1) is 15.4. The van der Waals surface area contributed by atoms with Crippen molar-refractivity contribution in [2.75, 3.05) is 13.2 Å². The van der Waals surface area contributed by atoms with Crippen LogP contribution in [0.4, 0.5) is 0 Å². The number of ether oxygens (including phenoxy) is 1. The average molecular weight is 379 g/mol. The van der Waals surface area contributed by atoms with Crippen molar-refractivity contribution in [1.82, 2.24) is 9.55 Å². The second kappa shape index (κ2) is 6.73. The quantitative estimate of drug-likeness (QED) is 0.631. The summed E-state index contributed by atoms with van der Waals surface area (Å²) < 4.78 is 7.96. The lowest BCUT2D eigenvalue weighted by molar-refractivity contribution is 0.138. The van der Waals surface area contributed by atoms with Gasteiger partial charge in [-0.2, -0.15) is 0 Å². The largest absolute Gasteiger partial charge is 0.380 e. The van der Waals surface area contributed by atoms with Crippen molar-refractivity contribution < 1.29 is 4.74 Å². The van der Waals surface area contributed by atoms with E-state index in [-0.39, 0.29) is 5.56 Å². The SMILES string of the molecule is CCOCCn1cnc2scc(-c3ccc(Br)cc3)c2c1=O. The smallest absolute Gasteiger partial charge is 0.262 e. The van der Waals surface area contributed by atoms with Crippen LogP contribution in [0.15, 0.2) is 45.2 Å². The lowest BCUT2D eigenvalue weighted by Gasteiger charge is -2.06. The number of benzene rings is 1. The van der Waals surface area contributed by atoms with Gasteiger partial charge in [-0.05, 0) is 24.6 Å². The molecule has 0 aliphatic carbocycles. The van der Waals surface area contributed by atoms with E-state index in [0.717, 1.165) is 20.4 Å². The minimum absolute atomic E-state index is 0.0103. The monoisotopic (exact) mass is 378 g/mol. The molecule has 0 atom stereocenters. The molecule has 2 heterocycles. The minimum atomic E-state index is -0.0103. The molecule has 0 saturated heterocycles. The van der Waals surface area contributed by atoms with Crippen LogP contribution in [0.1, 0.15) is 6.92 Å². The number of thiophene rings is 1. The molecule has 3 aromatic rings. The highest BCUT2D eigenvalue weighted by Crippen LogP contribution is 2.31. The topological polar surface area (TPSA) is 44.1 Å². The third-order valence-corrected chi connectivity index (χ3v) is 4.81. The number of hydrogen-bond acceptors (Lipinski definition) is 4. The first-order valence-electron chi connectivity index (χ1n) is 7.01. The molecular formula is C16H15BrN2O2S. The van der Waals surface area contributed by atoms with Gasteiger partial charge in [0.15, 0.2) is 0 Å². The summed E-state index contributed by atoms with van der Waals surface area (Å²) in [5.41, 5.74) is 1.95. The van der Waals surface area contributed by atoms with Crippen LogP contribution in [0.3, 0.4) is 0 Å². The Bertz CT molecular complexity index is 839. The summed E-state index contributed by atoms with van der Waals surface area (Å²) in [6.45, 7) is 3.62. The summed E-state index contributed by atoms with van der Waals surface area (Å²) in [6.07, 6.45) is 1.60. The maximum Gasteiger partial charge on any atom is 0.262 e. The molecule has 3 rings (SSSR count). The van der Waals surface area contributed by atoms with Crippen molar-refractivity contribution in [3.63, 3.8) is 0 Å². The predicted octanol–water partition coefficient (Wildman–Crippen LogP) is 3.92. The molecule has 6 heteroatoms. The van der Waals surface area contributed by atoms with Crippen LogP contribution in [-0.4, -0.2) is 22.8 Å². The van der Waals surface area contributed by atoms with E-state index in [1.54, 1.807) is 10.9 Å². The first-order chi connectivity index (χ1) is 10.7. The summed E-state index contributed by atoms with van der Waals surface area (Å²) in [5.74, 6) is 0. The van der Waals surface area contributed by atoms with Gasteiger partial charge in [-0.15, -0.1) is 11.3 Å². The molecule has 0 fully saturated rings. The van der Waals surface area contributed by atoms with Crippen molar-refractivity contribution in [1.29, 1.82) is 0 Å². The Morgan fingerprint density at radius 2 is 2.09 bits per heavy atom. The van der Waals surface area contributed by atoms with Crippen molar-refractivity contribution in [3.05, 3.63) is 50.8 Å². The van der Waals surface area contributed by atoms with E-state index in [2.05, 4.69) is 20.9 Å². The lowest BCUT2D eigenvalue weighted by atomic mass is 10.1. The minimum Gasteiger partial charge on any atom is -0.380 e. The molecular weight excluding hydrogens is 364 g/mol. The van der Waals surface area contributed by atoms with E-state index in [4.69, 9.17) is 4.74 Å². The summed E-state index contributed by atoms with van der Waals surface area (Å²) >= 11 is 4.93. The van der Waals surface area contributed by atoms with E-state index in [9.17, 15) is 4.79 Å². The molecule has 0 spiro atoms. The van der Waals surface area contributed by atoms with Crippen LogP contribution in [0.25, 0.3) is 21.3 Å². The second-order valence-electron chi connectivity index (χ2n) is 4.78. The summed E-state index contributed by atoms with van der Waals surface area (Å²) in [4.78, 5) is 17.9. The number of hydrogen-bond donors (Lipinski definition) is 0. The Morgan fingerprint density at radius 3 is 2.82 bits per heavy atom. The average Bonchev–Trinajstić information content (AvgIpc) is 2.95. The van der Waals surface area contributed by atoms with E-state index in [1.165, 1.54) is 11.3 Å². The van der Waals surface area contributed by atoms with Gasteiger partial charge in [0.1, 0.15) is 4.83 Å². The third kappa shape index (κ3) is 2.99. The Labute approximate surface area is 140 Å². The number of nitrogens with zero attached hydrogens (tertiary/aromatic N) is 2. The first-order valence-corrected chi connectivity index (χ1v) is 8.68. The lowest BCUT2D eigenvalue weighted by Crippen LogP contribution is -2.22. The van der Waals surface area contributed by atoms with E-state index in [0.29, 0.717) is 25.1 Å². The summed E-state index contributed by atoms with van der Waals surface area (Å²) in [5, 5.41) is 2.68. The Balaban J connectivity index is 2.06. The van der Waals surface area contributed by atoms with Gasteiger partial charge in [0, 0.05) is 22.0 Å². The summed E-state index contributed by atoms with van der Waals surface area (Å²) in [6, 6.07) is 7.96. The highest BCUT2D eigenvalue weighted by Gasteiger charge is 2.13. The van der Waals surface area contributed by atoms with Gasteiger partial charge < -0.3 is 4.74 Å². The molecule has 0 aliphatic heterocycles. The molecule has 0 unspecified atom stereocenters. The van der Waals surface area contributed by atoms with Crippen molar-refractivity contribution in [3.8, 4) is 11.1 Å². The van der Waals surface area contributed by atoms with Gasteiger partial charge in [0.25, 0.3) is 5.56 Å². The molecule has 0 radical (unpaired) electrons. The molecule has 114 valence electrons. The molecule has 0 N–H and O–H groups in total. The van der Waals surface area contributed by atoms with Crippen molar-refractivity contribution >= 4 is 37.5 Å². The Hall–Kier alpha value is -1.50. The second-order valence-corrected chi connectivity index (χ2v) is 6.55. The van der Waals surface area contributed by atoms with E-state index >= 15 is 0 Å². The molecule has 1 aromatic carbocycles. The fourth-order valence-corrected chi connectivity index (χ4v) is 3.45. The number of halogens is 1. The van der Waals surface area contributed by atoms with E-state index in [1.807, 2.05) is 36.6 Å². The predicted molar refractivity (Wildman–Crippen MR) is 93.5 cm³/mol. The van der Waals surface area contributed by atoms with Gasteiger partial charge >= 0.3 is 0 Å². The molecule has 22 heavy (non-hydrogen) atoms. The number of aromatic nitrogens is 2. The maximum absolute atomic E-state index is 12.7. The highest BCUT2D eigenvalue weighted by atomic mass is 79.9. The maximum atomic E-state index is 12.7. The Morgan fingerprint density at radius 1 is 1.32 bits per heavy atom. The van der Waals surface area contributed by atoms with Gasteiger partial charge in [-0.25, -0.2) is 4.98 Å². The van der Waals surface area contributed by atoms with Crippen LogP contribution in [0, 0.1) is 0 Å².